The molecule has 0 aliphatic heterocycles. The summed E-state index contributed by atoms with van der Waals surface area (Å²) in [6, 6.07) is 19.6. The van der Waals surface area contributed by atoms with Crippen LogP contribution in [0.2, 0.25) is 0 Å². The number of carbonyl (C=O) groups excluding carboxylic acids is 1. The highest BCUT2D eigenvalue weighted by atomic mass is 32.1. The van der Waals surface area contributed by atoms with Crippen molar-refractivity contribution in [1.29, 1.82) is 0 Å². The molecule has 0 spiro atoms. The lowest BCUT2D eigenvalue weighted by molar-refractivity contribution is 0.0729. The van der Waals surface area contributed by atoms with Gasteiger partial charge in [-0.05, 0) is 60.2 Å². The average molecular weight is 448 g/mol. The van der Waals surface area contributed by atoms with Gasteiger partial charge in [0.1, 0.15) is 5.82 Å². The highest BCUT2D eigenvalue weighted by Crippen LogP contribution is 2.28. The summed E-state index contributed by atoms with van der Waals surface area (Å²) in [4.78, 5) is 12.3. The van der Waals surface area contributed by atoms with Gasteiger partial charge in [0, 0.05) is 5.56 Å². The average Bonchev–Trinajstić information content (AvgIpc) is 3.19. The molecule has 7 nitrogen and oxygen atoms in total. The molecule has 0 aliphatic carbocycles. The first-order valence-electron chi connectivity index (χ1n) is 9.48. The van der Waals surface area contributed by atoms with Crippen LogP contribution >= 0.6 is 12.2 Å². The molecule has 4 rings (SSSR count). The van der Waals surface area contributed by atoms with Gasteiger partial charge in [0.15, 0.2) is 17.3 Å². The number of ether oxygens (including phenoxy) is 2. The van der Waals surface area contributed by atoms with E-state index in [4.69, 9.17) is 21.7 Å². The van der Waals surface area contributed by atoms with Crippen LogP contribution in [0.4, 0.5) is 4.39 Å². The topological polar surface area (TPSA) is 81.5 Å². The summed E-state index contributed by atoms with van der Waals surface area (Å²) >= 11 is 5.29. The van der Waals surface area contributed by atoms with Crippen LogP contribution in [-0.4, -0.2) is 34.2 Å². The van der Waals surface area contributed by atoms with Crippen molar-refractivity contribution < 1.29 is 18.7 Å². The van der Waals surface area contributed by atoms with Crippen LogP contribution in [0.3, 0.4) is 0 Å². The van der Waals surface area contributed by atoms with E-state index in [9.17, 15) is 9.18 Å². The summed E-state index contributed by atoms with van der Waals surface area (Å²) < 4.78 is 25.7. The Kier molecular flexibility index (Phi) is 6.18. The number of halogens is 1. The Morgan fingerprint density at radius 3 is 2.56 bits per heavy atom. The Hall–Kier alpha value is -4.11. The zero-order chi connectivity index (χ0) is 22.5. The number of rotatable bonds is 6. The zero-order valence-electron chi connectivity index (χ0n) is 16.9. The van der Waals surface area contributed by atoms with Crippen LogP contribution < -0.4 is 9.47 Å². The highest BCUT2D eigenvalue weighted by Gasteiger charge is 2.13. The first kappa shape index (κ1) is 21.1. The number of nitrogens with zero attached hydrogens (tertiary/aromatic N) is 3. The molecule has 0 amide bonds. The lowest BCUT2D eigenvalue weighted by atomic mass is 10.2. The van der Waals surface area contributed by atoms with Gasteiger partial charge >= 0.3 is 5.97 Å². The van der Waals surface area contributed by atoms with Crippen LogP contribution in [0.15, 0.2) is 77.9 Å². The van der Waals surface area contributed by atoms with E-state index in [2.05, 4.69) is 15.3 Å². The van der Waals surface area contributed by atoms with E-state index < -0.39 is 11.8 Å². The molecule has 0 saturated carbocycles. The molecule has 0 aliphatic rings. The SMILES string of the molecule is COc1cc(/C=N/n2c(-c3ccccc3)n[nH]c2=S)ccc1OC(=O)c1ccc(F)cc1. The summed E-state index contributed by atoms with van der Waals surface area (Å²) in [6.45, 7) is 0. The zero-order valence-corrected chi connectivity index (χ0v) is 17.7. The number of H-pyrrole nitrogens is 1. The van der Waals surface area contributed by atoms with Gasteiger partial charge in [0.2, 0.25) is 4.77 Å². The molecule has 3 aromatic carbocycles. The minimum absolute atomic E-state index is 0.224. The Bertz CT molecular complexity index is 1330. The summed E-state index contributed by atoms with van der Waals surface area (Å²) in [5.74, 6) is 0.0777. The molecular weight excluding hydrogens is 431 g/mol. The number of methoxy groups -OCH3 is 1. The van der Waals surface area contributed by atoms with Gasteiger partial charge in [-0.2, -0.15) is 14.9 Å². The maximum atomic E-state index is 13.1. The van der Waals surface area contributed by atoms with E-state index in [1.807, 2.05) is 30.3 Å². The van der Waals surface area contributed by atoms with Gasteiger partial charge in [-0.3, -0.25) is 0 Å². The van der Waals surface area contributed by atoms with Crippen LogP contribution in [0.25, 0.3) is 11.4 Å². The Morgan fingerprint density at radius 2 is 1.84 bits per heavy atom. The molecule has 0 saturated heterocycles. The van der Waals surface area contributed by atoms with Gasteiger partial charge < -0.3 is 9.47 Å². The van der Waals surface area contributed by atoms with E-state index in [1.165, 1.54) is 36.1 Å². The van der Waals surface area contributed by atoms with E-state index in [0.717, 1.165) is 5.56 Å². The number of carbonyl (C=O) groups is 1. The summed E-state index contributed by atoms with van der Waals surface area (Å²) in [7, 11) is 1.46. The quantitative estimate of drug-likeness (QED) is 0.197. The van der Waals surface area contributed by atoms with Crippen LogP contribution in [0.1, 0.15) is 15.9 Å². The van der Waals surface area contributed by atoms with Crippen molar-refractivity contribution in [3.05, 3.63) is 94.5 Å². The molecule has 9 heteroatoms. The number of aromatic amines is 1. The van der Waals surface area contributed by atoms with Crippen LogP contribution in [-0.2, 0) is 0 Å². The maximum absolute atomic E-state index is 13.1. The third kappa shape index (κ3) is 4.62. The minimum atomic E-state index is -0.623. The number of aromatic nitrogens is 3. The fraction of sp³-hybridized carbons (Fsp3) is 0.0435. The smallest absolute Gasteiger partial charge is 0.343 e. The number of nitrogens with one attached hydrogen (secondary N) is 1. The van der Waals surface area contributed by atoms with Crippen molar-refractivity contribution in [2.45, 2.75) is 0 Å². The summed E-state index contributed by atoms with van der Waals surface area (Å²) in [6.07, 6.45) is 1.59. The van der Waals surface area contributed by atoms with Gasteiger partial charge in [0.05, 0.1) is 18.9 Å². The molecule has 160 valence electrons. The van der Waals surface area contributed by atoms with Gasteiger partial charge in [-0.1, -0.05) is 30.3 Å². The molecule has 0 atom stereocenters. The van der Waals surface area contributed by atoms with Crippen LogP contribution in [0.5, 0.6) is 11.5 Å². The van der Waals surface area contributed by atoms with Gasteiger partial charge in [-0.25, -0.2) is 14.3 Å². The second-order valence-electron chi connectivity index (χ2n) is 6.58. The standard InChI is InChI=1S/C23H17FN4O3S/c1-30-20-13-15(7-12-19(20)31-22(29)17-8-10-18(24)11-9-17)14-25-28-21(26-27-23(28)32)16-5-3-2-4-6-16/h2-14H,1H3,(H,27,32)/b25-14+. The van der Waals surface area contributed by atoms with Crippen molar-refractivity contribution in [2.75, 3.05) is 7.11 Å². The van der Waals surface area contributed by atoms with Crippen molar-refractivity contribution in [2.24, 2.45) is 5.10 Å². The predicted molar refractivity (Wildman–Crippen MR) is 120 cm³/mol. The van der Waals surface area contributed by atoms with Crippen molar-refractivity contribution >= 4 is 24.4 Å². The maximum Gasteiger partial charge on any atom is 0.343 e. The lowest BCUT2D eigenvalue weighted by Crippen LogP contribution is -2.09. The van der Waals surface area contributed by atoms with Crippen molar-refractivity contribution in [3.63, 3.8) is 0 Å². The lowest BCUT2D eigenvalue weighted by Gasteiger charge is -2.10. The number of esters is 1. The first-order chi connectivity index (χ1) is 15.5. The second-order valence-corrected chi connectivity index (χ2v) is 6.97. The fourth-order valence-corrected chi connectivity index (χ4v) is 3.07. The number of hydrogen-bond donors (Lipinski definition) is 1. The molecular formula is C23H17FN4O3S. The van der Waals surface area contributed by atoms with Crippen molar-refractivity contribution in [1.82, 2.24) is 14.9 Å². The molecule has 0 radical (unpaired) electrons. The largest absolute Gasteiger partial charge is 0.493 e. The van der Waals surface area contributed by atoms with Gasteiger partial charge in [-0.15, -0.1) is 0 Å². The summed E-state index contributed by atoms with van der Waals surface area (Å²) in [5.41, 5.74) is 1.77. The molecule has 1 heterocycles. The highest BCUT2D eigenvalue weighted by molar-refractivity contribution is 7.71. The van der Waals surface area contributed by atoms with E-state index in [-0.39, 0.29) is 11.3 Å². The third-order valence-corrected chi connectivity index (χ3v) is 4.74. The summed E-state index contributed by atoms with van der Waals surface area (Å²) in [5, 5.41) is 11.4. The number of hydrogen-bond acceptors (Lipinski definition) is 6. The molecule has 32 heavy (non-hydrogen) atoms. The molecule has 4 aromatic rings. The monoisotopic (exact) mass is 448 g/mol. The van der Waals surface area contributed by atoms with E-state index >= 15 is 0 Å². The predicted octanol–water partition coefficient (Wildman–Crippen LogP) is 4.86. The molecule has 1 N–H and O–H groups in total. The Labute approximate surface area is 187 Å². The molecule has 0 bridgehead atoms. The Balaban J connectivity index is 1.57. The van der Waals surface area contributed by atoms with E-state index in [0.29, 0.717) is 21.9 Å². The normalized spacial score (nSPS) is 10.9. The first-order valence-corrected chi connectivity index (χ1v) is 9.89. The minimum Gasteiger partial charge on any atom is -0.493 e. The Morgan fingerprint density at radius 1 is 1.09 bits per heavy atom. The molecule has 0 unspecified atom stereocenters. The second kappa shape index (κ2) is 9.36. The third-order valence-electron chi connectivity index (χ3n) is 4.47. The molecule has 1 aromatic heterocycles. The van der Waals surface area contributed by atoms with Crippen molar-refractivity contribution in [3.8, 4) is 22.9 Å². The van der Waals surface area contributed by atoms with Crippen LogP contribution in [0, 0.1) is 10.6 Å². The number of benzene rings is 3. The fourth-order valence-electron chi connectivity index (χ4n) is 2.89. The molecule has 0 fully saturated rings. The van der Waals surface area contributed by atoms with E-state index in [1.54, 1.807) is 24.4 Å². The van der Waals surface area contributed by atoms with Gasteiger partial charge in [0.25, 0.3) is 0 Å².